The Balaban J connectivity index is 1.80. The molecule has 0 aliphatic carbocycles. The molecule has 132 valence electrons. The quantitative estimate of drug-likeness (QED) is 0.616. The number of thiophene rings is 1. The SMILES string of the molecule is COc1cc(-c2nc(CN(C)C(C)c3cccs3)c(C)o2)ccc1F. The van der Waals surface area contributed by atoms with Crippen molar-refractivity contribution in [2.75, 3.05) is 14.2 Å². The van der Waals surface area contributed by atoms with Gasteiger partial charge >= 0.3 is 0 Å². The fourth-order valence-electron chi connectivity index (χ4n) is 2.61. The molecule has 3 aromatic rings. The van der Waals surface area contributed by atoms with Gasteiger partial charge in [-0.3, -0.25) is 4.90 Å². The maximum atomic E-state index is 13.6. The van der Waals surface area contributed by atoms with Crippen LogP contribution in [-0.2, 0) is 6.54 Å². The Morgan fingerprint density at radius 2 is 2.16 bits per heavy atom. The van der Waals surface area contributed by atoms with Crippen molar-refractivity contribution in [3.8, 4) is 17.2 Å². The second-order valence-corrected chi connectivity index (χ2v) is 6.96. The highest BCUT2D eigenvalue weighted by Gasteiger charge is 2.18. The molecule has 0 bridgehead atoms. The summed E-state index contributed by atoms with van der Waals surface area (Å²) in [5.41, 5.74) is 1.57. The number of ether oxygens (including phenoxy) is 1. The van der Waals surface area contributed by atoms with E-state index in [0.29, 0.717) is 24.0 Å². The van der Waals surface area contributed by atoms with Crippen LogP contribution in [0.2, 0.25) is 0 Å². The van der Waals surface area contributed by atoms with E-state index in [9.17, 15) is 4.39 Å². The molecule has 0 aliphatic rings. The first kappa shape index (κ1) is 17.6. The molecule has 2 heterocycles. The summed E-state index contributed by atoms with van der Waals surface area (Å²) in [6, 6.07) is 9.10. The summed E-state index contributed by atoms with van der Waals surface area (Å²) >= 11 is 1.75. The lowest BCUT2D eigenvalue weighted by Gasteiger charge is -2.22. The first-order chi connectivity index (χ1) is 12.0. The van der Waals surface area contributed by atoms with Crippen LogP contribution < -0.4 is 4.74 Å². The second kappa shape index (κ2) is 7.37. The number of hydrogen-bond donors (Lipinski definition) is 0. The smallest absolute Gasteiger partial charge is 0.226 e. The van der Waals surface area contributed by atoms with Crippen molar-refractivity contribution < 1.29 is 13.5 Å². The number of hydrogen-bond acceptors (Lipinski definition) is 5. The van der Waals surface area contributed by atoms with Crippen LogP contribution in [0.3, 0.4) is 0 Å². The van der Waals surface area contributed by atoms with Gasteiger partial charge in [-0.2, -0.15) is 0 Å². The van der Waals surface area contributed by atoms with E-state index in [-0.39, 0.29) is 5.75 Å². The number of methoxy groups -OCH3 is 1. The molecule has 0 amide bonds. The Morgan fingerprint density at radius 3 is 2.84 bits per heavy atom. The third-order valence-corrected chi connectivity index (χ3v) is 5.35. The molecule has 0 saturated heterocycles. The van der Waals surface area contributed by atoms with Crippen molar-refractivity contribution in [3.63, 3.8) is 0 Å². The Labute approximate surface area is 150 Å². The van der Waals surface area contributed by atoms with E-state index in [4.69, 9.17) is 9.15 Å². The molecule has 1 unspecified atom stereocenters. The van der Waals surface area contributed by atoms with Gasteiger partial charge in [-0.15, -0.1) is 11.3 Å². The molecule has 0 radical (unpaired) electrons. The molecule has 0 spiro atoms. The maximum Gasteiger partial charge on any atom is 0.226 e. The van der Waals surface area contributed by atoms with Gasteiger partial charge in [0.25, 0.3) is 0 Å². The van der Waals surface area contributed by atoms with Crippen molar-refractivity contribution in [2.45, 2.75) is 26.4 Å². The van der Waals surface area contributed by atoms with Crippen LogP contribution in [-0.4, -0.2) is 24.0 Å². The van der Waals surface area contributed by atoms with Gasteiger partial charge in [-0.25, -0.2) is 9.37 Å². The number of aryl methyl sites for hydroxylation is 1. The zero-order valence-electron chi connectivity index (χ0n) is 14.7. The van der Waals surface area contributed by atoms with Crippen LogP contribution in [0.1, 0.15) is 29.3 Å². The van der Waals surface area contributed by atoms with E-state index >= 15 is 0 Å². The largest absolute Gasteiger partial charge is 0.494 e. The van der Waals surface area contributed by atoms with Gasteiger partial charge in [-0.05, 0) is 50.5 Å². The lowest BCUT2D eigenvalue weighted by Crippen LogP contribution is -2.21. The van der Waals surface area contributed by atoms with E-state index in [0.717, 1.165) is 11.5 Å². The third kappa shape index (κ3) is 3.75. The highest BCUT2D eigenvalue weighted by atomic mass is 32.1. The standard InChI is InChI=1S/C19H21FN2O2S/c1-12(18-6-5-9-25-18)22(3)11-16-13(2)24-19(21-16)14-7-8-15(20)17(10-14)23-4/h5-10,12H,11H2,1-4H3. The van der Waals surface area contributed by atoms with Crippen LogP contribution in [0.15, 0.2) is 40.1 Å². The summed E-state index contributed by atoms with van der Waals surface area (Å²) in [5.74, 6) is 1.02. The monoisotopic (exact) mass is 360 g/mol. The molecular formula is C19H21FN2O2S. The number of benzene rings is 1. The highest BCUT2D eigenvalue weighted by molar-refractivity contribution is 7.10. The number of aromatic nitrogens is 1. The number of rotatable bonds is 6. The Kier molecular flexibility index (Phi) is 5.20. The molecule has 2 aromatic heterocycles. The Morgan fingerprint density at radius 1 is 1.36 bits per heavy atom. The topological polar surface area (TPSA) is 38.5 Å². The fourth-order valence-corrected chi connectivity index (χ4v) is 3.46. The Bertz CT molecular complexity index is 845. The lowest BCUT2D eigenvalue weighted by atomic mass is 10.2. The second-order valence-electron chi connectivity index (χ2n) is 5.98. The first-order valence-electron chi connectivity index (χ1n) is 8.03. The molecule has 0 N–H and O–H groups in total. The van der Waals surface area contributed by atoms with Gasteiger partial charge in [0.15, 0.2) is 11.6 Å². The Hall–Kier alpha value is -2.18. The van der Waals surface area contributed by atoms with E-state index in [1.807, 2.05) is 6.92 Å². The van der Waals surface area contributed by atoms with Gasteiger partial charge in [0, 0.05) is 23.0 Å². The molecule has 0 fully saturated rings. The van der Waals surface area contributed by atoms with E-state index < -0.39 is 5.82 Å². The normalized spacial score (nSPS) is 12.6. The number of halogens is 1. The highest BCUT2D eigenvalue weighted by Crippen LogP contribution is 2.29. The number of oxazole rings is 1. The van der Waals surface area contributed by atoms with Crippen LogP contribution in [0.25, 0.3) is 11.5 Å². The molecule has 0 aliphatic heterocycles. The minimum absolute atomic E-state index is 0.179. The molecule has 1 aromatic carbocycles. The predicted molar refractivity (Wildman–Crippen MR) is 97.4 cm³/mol. The van der Waals surface area contributed by atoms with Gasteiger partial charge in [-0.1, -0.05) is 6.07 Å². The van der Waals surface area contributed by atoms with E-state index in [1.165, 1.54) is 18.1 Å². The molecule has 6 heteroatoms. The molecule has 1 atom stereocenters. The van der Waals surface area contributed by atoms with E-state index in [2.05, 4.69) is 41.4 Å². The van der Waals surface area contributed by atoms with Crippen LogP contribution in [0.5, 0.6) is 5.75 Å². The van der Waals surface area contributed by atoms with Gasteiger partial charge < -0.3 is 9.15 Å². The van der Waals surface area contributed by atoms with Crippen molar-refractivity contribution in [2.24, 2.45) is 0 Å². The minimum Gasteiger partial charge on any atom is -0.494 e. The molecule has 25 heavy (non-hydrogen) atoms. The van der Waals surface area contributed by atoms with E-state index in [1.54, 1.807) is 23.5 Å². The molecule has 4 nitrogen and oxygen atoms in total. The minimum atomic E-state index is -0.403. The average molecular weight is 360 g/mol. The van der Waals surface area contributed by atoms with Gasteiger partial charge in [0.1, 0.15) is 5.76 Å². The van der Waals surface area contributed by atoms with Crippen molar-refractivity contribution in [1.82, 2.24) is 9.88 Å². The van der Waals surface area contributed by atoms with Crippen LogP contribution in [0.4, 0.5) is 4.39 Å². The zero-order chi connectivity index (χ0) is 18.0. The summed E-state index contributed by atoms with van der Waals surface area (Å²) in [6.07, 6.45) is 0. The molecule has 0 saturated carbocycles. The van der Waals surface area contributed by atoms with Gasteiger partial charge in [0.05, 0.1) is 12.8 Å². The average Bonchev–Trinajstić information content (AvgIpc) is 3.25. The van der Waals surface area contributed by atoms with Crippen LogP contribution in [0, 0.1) is 12.7 Å². The molecular weight excluding hydrogens is 339 g/mol. The van der Waals surface area contributed by atoms with Crippen molar-refractivity contribution >= 4 is 11.3 Å². The fraction of sp³-hybridized carbons (Fsp3) is 0.316. The predicted octanol–water partition coefficient (Wildman–Crippen LogP) is 5.05. The maximum absolute atomic E-state index is 13.6. The molecule has 3 rings (SSSR count). The first-order valence-corrected chi connectivity index (χ1v) is 8.91. The lowest BCUT2D eigenvalue weighted by molar-refractivity contribution is 0.252. The zero-order valence-corrected chi connectivity index (χ0v) is 15.6. The van der Waals surface area contributed by atoms with Crippen molar-refractivity contribution in [3.05, 3.63) is 57.9 Å². The van der Waals surface area contributed by atoms with Crippen molar-refractivity contribution in [1.29, 1.82) is 0 Å². The number of nitrogens with zero attached hydrogens (tertiary/aromatic N) is 2. The summed E-state index contributed by atoms with van der Waals surface area (Å²) in [7, 11) is 3.51. The summed E-state index contributed by atoms with van der Waals surface area (Å²) in [4.78, 5) is 8.15. The summed E-state index contributed by atoms with van der Waals surface area (Å²) < 4.78 is 24.4. The summed E-state index contributed by atoms with van der Waals surface area (Å²) in [5, 5.41) is 2.08. The van der Waals surface area contributed by atoms with Gasteiger partial charge in [0.2, 0.25) is 5.89 Å². The van der Waals surface area contributed by atoms with Crippen LogP contribution >= 0.6 is 11.3 Å². The summed E-state index contributed by atoms with van der Waals surface area (Å²) in [6.45, 7) is 4.75. The third-order valence-electron chi connectivity index (χ3n) is 4.31.